The van der Waals surface area contributed by atoms with Gasteiger partial charge in [0.1, 0.15) is 0 Å². The fourth-order valence-electron chi connectivity index (χ4n) is 1.72. The van der Waals surface area contributed by atoms with Gasteiger partial charge in [0.15, 0.2) is 0 Å². The Morgan fingerprint density at radius 2 is 2.20 bits per heavy atom. The summed E-state index contributed by atoms with van der Waals surface area (Å²) in [4.78, 5) is 12.9. The maximum Gasteiger partial charge on any atom is 0.236 e. The average molecular weight is 214 g/mol. The standard InChI is InChI=1S/C11H22N2O2/c1-11(2)6-5-9(15-11)7-12-8-10(14)13(3)4/h9,12H,5-8H2,1-4H3. The van der Waals surface area contributed by atoms with Crippen LogP contribution in [0.15, 0.2) is 0 Å². The SMILES string of the molecule is CN(C)C(=O)CNCC1CCC(C)(C)O1. The lowest BCUT2D eigenvalue weighted by molar-refractivity contribution is -0.127. The summed E-state index contributed by atoms with van der Waals surface area (Å²) in [6, 6.07) is 0. The molecule has 1 fully saturated rings. The van der Waals surface area contributed by atoms with Crippen molar-refractivity contribution in [2.75, 3.05) is 27.2 Å². The fourth-order valence-corrected chi connectivity index (χ4v) is 1.72. The summed E-state index contributed by atoms with van der Waals surface area (Å²) in [5.41, 5.74) is 0.0118. The molecule has 1 aliphatic heterocycles. The van der Waals surface area contributed by atoms with Crippen LogP contribution in [0.3, 0.4) is 0 Å². The normalized spacial score (nSPS) is 24.1. The largest absolute Gasteiger partial charge is 0.371 e. The minimum Gasteiger partial charge on any atom is -0.371 e. The Kier molecular flexibility index (Phi) is 4.11. The molecule has 1 amide bonds. The molecule has 15 heavy (non-hydrogen) atoms. The van der Waals surface area contributed by atoms with Crippen molar-refractivity contribution in [2.24, 2.45) is 0 Å². The Bertz CT molecular complexity index is 227. The van der Waals surface area contributed by atoms with Gasteiger partial charge in [-0.1, -0.05) is 0 Å². The van der Waals surface area contributed by atoms with E-state index in [1.165, 1.54) is 0 Å². The van der Waals surface area contributed by atoms with Gasteiger partial charge in [-0.15, -0.1) is 0 Å². The molecule has 0 spiro atoms. The van der Waals surface area contributed by atoms with Gasteiger partial charge in [-0.05, 0) is 26.7 Å². The molecule has 1 atom stereocenters. The summed E-state index contributed by atoms with van der Waals surface area (Å²) < 4.78 is 5.80. The van der Waals surface area contributed by atoms with Crippen LogP contribution < -0.4 is 5.32 Å². The van der Waals surface area contributed by atoms with Crippen molar-refractivity contribution in [3.05, 3.63) is 0 Å². The number of ether oxygens (including phenoxy) is 1. The highest BCUT2D eigenvalue weighted by Crippen LogP contribution is 2.28. The van der Waals surface area contributed by atoms with E-state index in [0.717, 1.165) is 19.4 Å². The molecular formula is C11H22N2O2. The fraction of sp³-hybridized carbons (Fsp3) is 0.909. The van der Waals surface area contributed by atoms with Gasteiger partial charge >= 0.3 is 0 Å². The Labute approximate surface area is 92.0 Å². The van der Waals surface area contributed by atoms with Crippen molar-refractivity contribution in [3.8, 4) is 0 Å². The van der Waals surface area contributed by atoms with E-state index in [2.05, 4.69) is 19.2 Å². The van der Waals surface area contributed by atoms with Crippen molar-refractivity contribution in [3.63, 3.8) is 0 Å². The second kappa shape index (κ2) is 4.94. The first-order chi connectivity index (χ1) is 6.91. The van der Waals surface area contributed by atoms with Crippen molar-refractivity contribution in [1.82, 2.24) is 10.2 Å². The van der Waals surface area contributed by atoms with Crippen LogP contribution in [0.5, 0.6) is 0 Å². The first-order valence-corrected chi connectivity index (χ1v) is 5.49. The minimum atomic E-state index is 0.0118. The Hall–Kier alpha value is -0.610. The second-order valence-electron chi connectivity index (χ2n) is 4.96. The molecule has 1 heterocycles. The first-order valence-electron chi connectivity index (χ1n) is 5.49. The highest BCUT2D eigenvalue weighted by atomic mass is 16.5. The number of hydrogen-bond donors (Lipinski definition) is 1. The predicted molar refractivity (Wildman–Crippen MR) is 59.7 cm³/mol. The Balaban J connectivity index is 2.14. The highest BCUT2D eigenvalue weighted by molar-refractivity contribution is 5.77. The van der Waals surface area contributed by atoms with Gasteiger partial charge in [-0.2, -0.15) is 0 Å². The molecule has 0 bridgehead atoms. The lowest BCUT2D eigenvalue weighted by Gasteiger charge is -2.19. The monoisotopic (exact) mass is 214 g/mol. The van der Waals surface area contributed by atoms with E-state index in [1.807, 2.05) is 0 Å². The van der Waals surface area contributed by atoms with Gasteiger partial charge in [0.25, 0.3) is 0 Å². The molecule has 0 aromatic heterocycles. The van der Waals surface area contributed by atoms with Gasteiger partial charge in [-0.25, -0.2) is 0 Å². The predicted octanol–water partition coefficient (Wildman–Crippen LogP) is 0.622. The van der Waals surface area contributed by atoms with Crippen molar-refractivity contribution < 1.29 is 9.53 Å². The zero-order chi connectivity index (χ0) is 11.5. The maximum absolute atomic E-state index is 11.3. The van der Waals surface area contributed by atoms with Crippen LogP contribution in [-0.4, -0.2) is 49.7 Å². The molecule has 1 aliphatic rings. The summed E-state index contributed by atoms with van der Waals surface area (Å²) in [5.74, 6) is 0.104. The van der Waals surface area contributed by atoms with E-state index in [-0.39, 0.29) is 17.6 Å². The molecule has 0 aromatic rings. The van der Waals surface area contributed by atoms with Crippen LogP contribution in [0.25, 0.3) is 0 Å². The average Bonchev–Trinajstić information content (AvgIpc) is 2.45. The summed E-state index contributed by atoms with van der Waals surface area (Å²) in [5, 5.41) is 3.13. The van der Waals surface area contributed by atoms with E-state index in [4.69, 9.17) is 4.74 Å². The smallest absolute Gasteiger partial charge is 0.236 e. The van der Waals surface area contributed by atoms with E-state index < -0.39 is 0 Å². The number of amides is 1. The van der Waals surface area contributed by atoms with Gasteiger partial charge in [0.05, 0.1) is 18.2 Å². The molecule has 1 unspecified atom stereocenters. The zero-order valence-electron chi connectivity index (χ0n) is 10.2. The molecular weight excluding hydrogens is 192 g/mol. The quantitative estimate of drug-likeness (QED) is 0.746. The minimum absolute atomic E-state index is 0.0118. The molecule has 88 valence electrons. The van der Waals surface area contributed by atoms with E-state index >= 15 is 0 Å². The lowest BCUT2D eigenvalue weighted by Crippen LogP contribution is -2.37. The second-order valence-corrected chi connectivity index (χ2v) is 4.96. The van der Waals surface area contributed by atoms with Crippen LogP contribution in [0, 0.1) is 0 Å². The molecule has 1 rings (SSSR count). The van der Waals surface area contributed by atoms with Crippen molar-refractivity contribution in [2.45, 2.75) is 38.4 Å². The number of nitrogens with zero attached hydrogens (tertiary/aromatic N) is 1. The third-order valence-corrected chi connectivity index (χ3v) is 2.70. The molecule has 1 saturated heterocycles. The molecule has 4 nitrogen and oxygen atoms in total. The van der Waals surface area contributed by atoms with Crippen molar-refractivity contribution >= 4 is 5.91 Å². The number of rotatable bonds is 4. The summed E-state index contributed by atoms with van der Waals surface area (Å²) in [6.45, 7) is 5.38. The molecule has 0 aliphatic carbocycles. The molecule has 0 radical (unpaired) electrons. The maximum atomic E-state index is 11.3. The third-order valence-electron chi connectivity index (χ3n) is 2.70. The summed E-state index contributed by atoms with van der Waals surface area (Å²) in [6.07, 6.45) is 2.44. The Morgan fingerprint density at radius 1 is 1.53 bits per heavy atom. The van der Waals surface area contributed by atoms with Crippen LogP contribution in [-0.2, 0) is 9.53 Å². The molecule has 1 N–H and O–H groups in total. The van der Waals surface area contributed by atoms with Gasteiger partial charge in [0.2, 0.25) is 5.91 Å². The number of hydrogen-bond acceptors (Lipinski definition) is 3. The summed E-state index contributed by atoms with van der Waals surface area (Å²) in [7, 11) is 3.53. The summed E-state index contributed by atoms with van der Waals surface area (Å²) >= 11 is 0. The van der Waals surface area contributed by atoms with Crippen LogP contribution in [0.1, 0.15) is 26.7 Å². The molecule has 0 saturated carbocycles. The van der Waals surface area contributed by atoms with Crippen LogP contribution in [0.4, 0.5) is 0 Å². The number of carbonyl (C=O) groups is 1. The van der Waals surface area contributed by atoms with Gasteiger partial charge in [0, 0.05) is 20.6 Å². The molecule has 0 aromatic carbocycles. The number of carbonyl (C=O) groups excluding carboxylic acids is 1. The van der Waals surface area contributed by atoms with E-state index in [9.17, 15) is 4.79 Å². The number of likely N-dealkylation sites (N-methyl/N-ethyl adjacent to an activating group) is 1. The highest BCUT2D eigenvalue weighted by Gasteiger charge is 2.31. The Morgan fingerprint density at radius 3 is 2.67 bits per heavy atom. The third kappa shape index (κ3) is 4.18. The molecule has 4 heteroatoms. The van der Waals surface area contributed by atoms with Crippen LogP contribution in [0.2, 0.25) is 0 Å². The van der Waals surface area contributed by atoms with E-state index in [1.54, 1.807) is 19.0 Å². The zero-order valence-corrected chi connectivity index (χ0v) is 10.2. The van der Waals surface area contributed by atoms with Crippen LogP contribution >= 0.6 is 0 Å². The topological polar surface area (TPSA) is 41.6 Å². The van der Waals surface area contributed by atoms with Crippen molar-refractivity contribution in [1.29, 1.82) is 0 Å². The lowest BCUT2D eigenvalue weighted by atomic mass is 10.1. The van der Waals surface area contributed by atoms with Gasteiger partial charge < -0.3 is 15.0 Å². The number of nitrogens with one attached hydrogen (secondary N) is 1. The van der Waals surface area contributed by atoms with E-state index in [0.29, 0.717) is 6.54 Å². The first kappa shape index (κ1) is 12.5. The van der Waals surface area contributed by atoms with Gasteiger partial charge in [-0.3, -0.25) is 4.79 Å².